The van der Waals surface area contributed by atoms with Crippen molar-refractivity contribution < 1.29 is 19.1 Å². The monoisotopic (exact) mass is 556 g/mol. The van der Waals surface area contributed by atoms with E-state index in [2.05, 4.69) is 11.4 Å². The molecule has 0 heterocycles. The first-order valence-electron chi connectivity index (χ1n) is 15.0. The molecular weight excluding hydrogens is 512 g/mol. The highest BCUT2D eigenvalue weighted by molar-refractivity contribution is 5.88. The zero-order valence-electron chi connectivity index (χ0n) is 24.7. The number of nitrogens with one attached hydrogen (secondary N) is 1. The molecule has 1 aliphatic carbocycles. The minimum atomic E-state index is -0.606. The normalized spacial score (nSPS) is 13.9. The van der Waals surface area contributed by atoms with E-state index in [-0.39, 0.29) is 24.3 Å². The van der Waals surface area contributed by atoms with Crippen molar-refractivity contribution in [3.05, 3.63) is 95.1 Å². The molecule has 41 heavy (non-hydrogen) atoms. The molecule has 1 saturated carbocycles. The minimum Gasteiger partial charge on any atom is -0.490 e. The van der Waals surface area contributed by atoms with Crippen molar-refractivity contribution in [1.29, 1.82) is 0 Å². The van der Waals surface area contributed by atoms with E-state index in [9.17, 15) is 9.59 Å². The fraction of sp³-hybridized carbons (Fsp3) is 0.429. The van der Waals surface area contributed by atoms with Gasteiger partial charge in [-0.05, 0) is 68.9 Å². The van der Waals surface area contributed by atoms with Gasteiger partial charge in [0.2, 0.25) is 11.8 Å². The Morgan fingerprint density at radius 1 is 0.854 bits per heavy atom. The van der Waals surface area contributed by atoms with Crippen LogP contribution in [0.1, 0.15) is 68.2 Å². The Morgan fingerprint density at radius 2 is 1.56 bits per heavy atom. The van der Waals surface area contributed by atoms with E-state index in [1.165, 1.54) is 0 Å². The number of benzene rings is 3. The van der Waals surface area contributed by atoms with Crippen molar-refractivity contribution in [3.8, 4) is 11.5 Å². The molecule has 0 aromatic heterocycles. The molecule has 0 spiro atoms. The summed E-state index contributed by atoms with van der Waals surface area (Å²) in [4.78, 5) is 29.7. The van der Waals surface area contributed by atoms with Crippen molar-refractivity contribution in [2.24, 2.45) is 0 Å². The number of nitrogens with zero attached hydrogens (tertiary/aromatic N) is 1. The summed E-state index contributed by atoms with van der Waals surface area (Å²) in [6, 6.07) is 23.6. The molecule has 1 aliphatic rings. The molecule has 4 rings (SSSR count). The summed E-state index contributed by atoms with van der Waals surface area (Å²) in [5.41, 5.74) is 4.18. The summed E-state index contributed by atoms with van der Waals surface area (Å²) >= 11 is 0. The molecular formula is C35H44N2O4. The SMILES string of the molecule is CCOc1ccc(CCC(=O)N(Cc2cccc(C)c2)[C@H](Cc2ccccc2)C(=O)NC2CCCC2)cc1OCC. The van der Waals surface area contributed by atoms with Gasteiger partial charge in [-0.2, -0.15) is 0 Å². The van der Waals surface area contributed by atoms with Crippen molar-refractivity contribution in [2.45, 2.75) is 84.3 Å². The van der Waals surface area contributed by atoms with Gasteiger partial charge in [-0.25, -0.2) is 0 Å². The first-order valence-corrected chi connectivity index (χ1v) is 15.0. The second kappa shape index (κ2) is 15.3. The highest BCUT2D eigenvalue weighted by Gasteiger charge is 2.32. The number of aryl methyl sites for hydroxylation is 2. The summed E-state index contributed by atoms with van der Waals surface area (Å²) in [6.45, 7) is 7.40. The first kappa shape index (κ1) is 30.2. The van der Waals surface area contributed by atoms with Gasteiger partial charge in [-0.1, -0.05) is 79.1 Å². The van der Waals surface area contributed by atoms with Crippen LogP contribution in [0.15, 0.2) is 72.8 Å². The Balaban J connectivity index is 1.60. The zero-order chi connectivity index (χ0) is 29.0. The van der Waals surface area contributed by atoms with Crippen LogP contribution in [0.5, 0.6) is 11.5 Å². The van der Waals surface area contributed by atoms with E-state index in [1.54, 1.807) is 4.90 Å². The van der Waals surface area contributed by atoms with Gasteiger partial charge in [0.15, 0.2) is 11.5 Å². The molecule has 2 amide bonds. The van der Waals surface area contributed by atoms with Gasteiger partial charge in [0.1, 0.15) is 6.04 Å². The summed E-state index contributed by atoms with van der Waals surface area (Å²) in [5, 5.41) is 3.28. The number of ether oxygens (including phenoxy) is 2. The average Bonchev–Trinajstić information content (AvgIpc) is 3.48. The molecule has 0 saturated heterocycles. The lowest BCUT2D eigenvalue weighted by molar-refractivity contribution is -0.141. The molecule has 3 aromatic carbocycles. The van der Waals surface area contributed by atoms with Crippen LogP contribution in [0.2, 0.25) is 0 Å². The molecule has 0 aliphatic heterocycles. The summed E-state index contributed by atoms with van der Waals surface area (Å²) in [7, 11) is 0. The predicted molar refractivity (Wildman–Crippen MR) is 163 cm³/mol. The van der Waals surface area contributed by atoms with Crippen molar-refractivity contribution in [1.82, 2.24) is 10.2 Å². The number of hydrogen-bond acceptors (Lipinski definition) is 4. The second-order valence-corrected chi connectivity index (χ2v) is 10.9. The molecule has 218 valence electrons. The maximum absolute atomic E-state index is 14.0. The molecule has 1 fully saturated rings. The van der Waals surface area contributed by atoms with Gasteiger partial charge in [0.05, 0.1) is 13.2 Å². The largest absolute Gasteiger partial charge is 0.490 e. The average molecular weight is 557 g/mol. The lowest BCUT2D eigenvalue weighted by atomic mass is 10.0. The van der Waals surface area contributed by atoms with Gasteiger partial charge < -0.3 is 19.7 Å². The Morgan fingerprint density at radius 3 is 2.27 bits per heavy atom. The van der Waals surface area contributed by atoms with Crippen LogP contribution in [0.25, 0.3) is 0 Å². The third-order valence-electron chi connectivity index (χ3n) is 7.64. The molecule has 0 bridgehead atoms. The summed E-state index contributed by atoms with van der Waals surface area (Å²) in [5.74, 6) is 1.29. The van der Waals surface area contributed by atoms with E-state index in [0.717, 1.165) is 47.9 Å². The molecule has 0 radical (unpaired) electrons. The Labute approximate surface area is 245 Å². The Hall–Kier alpha value is -3.80. The fourth-order valence-corrected chi connectivity index (χ4v) is 5.57. The van der Waals surface area contributed by atoms with Crippen LogP contribution in [-0.2, 0) is 29.0 Å². The number of hydrogen-bond donors (Lipinski definition) is 1. The lowest BCUT2D eigenvalue weighted by Gasteiger charge is -2.32. The van der Waals surface area contributed by atoms with Gasteiger partial charge >= 0.3 is 0 Å². The number of carbonyl (C=O) groups excluding carboxylic acids is 2. The van der Waals surface area contributed by atoms with Gasteiger partial charge in [0.25, 0.3) is 0 Å². The lowest BCUT2D eigenvalue weighted by Crippen LogP contribution is -2.52. The topological polar surface area (TPSA) is 67.9 Å². The quantitative estimate of drug-likeness (QED) is 0.249. The third kappa shape index (κ3) is 8.84. The highest BCUT2D eigenvalue weighted by atomic mass is 16.5. The summed E-state index contributed by atoms with van der Waals surface area (Å²) in [6.07, 6.45) is 5.54. The molecule has 1 atom stereocenters. The van der Waals surface area contributed by atoms with Crippen LogP contribution < -0.4 is 14.8 Å². The zero-order valence-corrected chi connectivity index (χ0v) is 24.7. The first-order chi connectivity index (χ1) is 20.0. The number of carbonyl (C=O) groups is 2. The highest BCUT2D eigenvalue weighted by Crippen LogP contribution is 2.29. The maximum atomic E-state index is 14.0. The van der Waals surface area contributed by atoms with Gasteiger partial charge in [-0.3, -0.25) is 9.59 Å². The number of rotatable bonds is 14. The van der Waals surface area contributed by atoms with Crippen molar-refractivity contribution in [2.75, 3.05) is 13.2 Å². The van der Waals surface area contributed by atoms with Crippen molar-refractivity contribution in [3.63, 3.8) is 0 Å². The number of amides is 2. The van der Waals surface area contributed by atoms with E-state index < -0.39 is 6.04 Å². The van der Waals surface area contributed by atoms with Crippen LogP contribution >= 0.6 is 0 Å². The molecule has 3 aromatic rings. The summed E-state index contributed by atoms with van der Waals surface area (Å²) < 4.78 is 11.5. The van der Waals surface area contributed by atoms with Crippen LogP contribution in [0, 0.1) is 6.92 Å². The molecule has 1 N–H and O–H groups in total. The molecule has 6 nitrogen and oxygen atoms in total. The van der Waals surface area contributed by atoms with Crippen LogP contribution in [-0.4, -0.2) is 42.0 Å². The smallest absolute Gasteiger partial charge is 0.243 e. The standard InChI is InChI=1S/C35H44N2O4/c1-4-40-32-20-18-28(24-33(32)41-5-2)19-21-34(38)37(25-29-15-11-12-26(3)22-29)31(23-27-13-7-6-8-14-27)35(39)36-30-16-9-10-17-30/h6-8,11-15,18,20,22,24,30-31H,4-5,9-10,16-17,19,21,23,25H2,1-3H3,(H,36,39)/t31-/m1/s1. The van der Waals surface area contributed by atoms with Crippen molar-refractivity contribution >= 4 is 11.8 Å². The van der Waals surface area contributed by atoms with E-state index in [1.807, 2.05) is 87.5 Å². The predicted octanol–water partition coefficient (Wildman–Crippen LogP) is 6.42. The van der Waals surface area contributed by atoms with E-state index >= 15 is 0 Å². The van der Waals surface area contributed by atoms with Gasteiger partial charge in [-0.15, -0.1) is 0 Å². The van der Waals surface area contributed by atoms with E-state index in [0.29, 0.717) is 44.1 Å². The van der Waals surface area contributed by atoms with Gasteiger partial charge in [0, 0.05) is 25.4 Å². The minimum absolute atomic E-state index is 0.0409. The van der Waals surface area contributed by atoms with Crippen LogP contribution in [0.4, 0.5) is 0 Å². The molecule has 6 heteroatoms. The third-order valence-corrected chi connectivity index (χ3v) is 7.64. The Kier molecular flexibility index (Phi) is 11.2. The fourth-order valence-electron chi connectivity index (χ4n) is 5.57. The molecule has 0 unspecified atom stereocenters. The Bertz CT molecular complexity index is 1270. The van der Waals surface area contributed by atoms with E-state index in [4.69, 9.17) is 9.47 Å². The van der Waals surface area contributed by atoms with Crippen LogP contribution in [0.3, 0.4) is 0 Å². The maximum Gasteiger partial charge on any atom is 0.243 e. The second-order valence-electron chi connectivity index (χ2n) is 10.9.